The van der Waals surface area contributed by atoms with Gasteiger partial charge in [-0.1, -0.05) is 0 Å². The highest BCUT2D eigenvalue weighted by Crippen LogP contribution is 2.21. The van der Waals surface area contributed by atoms with E-state index in [0.717, 1.165) is 25.0 Å². The lowest BCUT2D eigenvalue weighted by atomic mass is 10.0. The maximum absolute atomic E-state index is 12.3. The topological polar surface area (TPSA) is 64.5 Å². The van der Waals surface area contributed by atoms with E-state index in [1.54, 1.807) is 11.0 Å². The molecule has 7 heteroatoms. The van der Waals surface area contributed by atoms with Crippen LogP contribution in [0.5, 0.6) is 5.88 Å². The largest absolute Gasteiger partial charge is 0.475 e. The molecule has 0 N–H and O–H groups in total. The van der Waals surface area contributed by atoms with Crippen molar-refractivity contribution < 1.29 is 14.3 Å². The average molecular weight is 342 g/mol. The van der Waals surface area contributed by atoms with E-state index in [4.69, 9.17) is 21.1 Å². The van der Waals surface area contributed by atoms with Gasteiger partial charge in [-0.3, -0.25) is 0 Å². The summed E-state index contributed by atoms with van der Waals surface area (Å²) in [4.78, 5) is 22.1. The van der Waals surface area contributed by atoms with Crippen molar-refractivity contribution in [2.75, 3.05) is 13.2 Å². The lowest BCUT2D eigenvalue weighted by Crippen LogP contribution is -2.48. The van der Waals surface area contributed by atoms with Crippen molar-refractivity contribution in [3.8, 4) is 5.88 Å². The highest BCUT2D eigenvalue weighted by molar-refractivity contribution is 6.28. The lowest BCUT2D eigenvalue weighted by molar-refractivity contribution is 0.00333. The second kappa shape index (κ2) is 7.34. The fourth-order valence-electron chi connectivity index (χ4n) is 2.49. The number of carbonyl (C=O) groups is 1. The van der Waals surface area contributed by atoms with Crippen molar-refractivity contribution in [2.24, 2.45) is 0 Å². The van der Waals surface area contributed by atoms with Crippen LogP contribution in [0.1, 0.15) is 45.7 Å². The number of rotatable bonds is 3. The minimum absolute atomic E-state index is 0.0207. The Morgan fingerprint density at radius 2 is 2.13 bits per heavy atom. The van der Waals surface area contributed by atoms with Gasteiger partial charge in [0.1, 0.15) is 12.2 Å². The van der Waals surface area contributed by atoms with E-state index >= 15 is 0 Å². The Kier molecular flexibility index (Phi) is 5.68. The van der Waals surface area contributed by atoms with Crippen LogP contribution in [0.25, 0.3) is 0 Å². The lowest BCUT2D eigenvalue weighted by Gasteiger charge is -2.36. The predicted molar refractivity (Wildman–Crippen MR) is 87.9 cm³/mol. The molecule has 1 aliphatic rings. The first-order valence-corrected chi connectivity index (χ1v) is 8.26. The monoisotopic (exact) mass is 341 g/mol. The van der Waals surface area contributed by atoms with Gasteiger partial charge in [-0.2, -0.15) is 4.98 Å². The molecule has 128 valence electrons. The molecule has 0 saturated carbocycles. The number of likely N-dealkylation sites (tertiary alicyclic amines) is 1. The Balaban J connectivity index is 1.99. The Bertz CT molecular complexity index is 540. The van der Waals surface area contributed by atoms with E-state index in [9.17, 15) is 4.79 Å². The van der Waals surface area contributed by atoms with E-state index in [1.807, 2.05) is 27.7 Å². The summed E-state index contributed by atoms with van der Waals surface area (Å²) >= 11 is 5.84. The van der Waals surface area contributed by atoms with Crippen LogP contribution in [-0.2, 0) is 4.74 Å². The summed E-state index contributed by atoms with van der Waals surface area (Å²) in [7, 11) is 0. The Morgan fingerprint density at radius 3 is 2.78 bits per heavy atom. The number of hydrogen-bond donors (Lipinski definition) is 0. The zero-order chi connectivity index (χ0) is 17.0. The number of aryl methyl sites for hydroxylation is 1. The zero-order valence-corrected chi connectivity index (χ0v) is 14.9. The number of carbonyl (C=O) groups excluding carboxylic acids is 1. The molecule has 0 aliphatic carbocycles. The standard InChI is InChI=1S/C16H24ClN3O3/c1-11-9-13(19-14(17)18-11)22-10-12-7-5-6-8-20(12)15(21)23-16(2,3)4/h9,12H,5-8,10H2,1-4H3/t12-/m1/s1. The highest BCUT2D eigenvalue weighted by atomic mass is 35.5. The maximum atomic E-state index is 12.3. The molecule has 1 atom stereocenters. The van der Waals surface area contributed by atoms with Crippen molar-refractivity contribution in [1.29, 1.82) is 0 Å². The van der Waals surface area contributed by atoms with Crippen molar-refractivity contribution in [3.63, 3.8) is 0 Å². The van der Waals surface area contributed by atoms with Gasteiger partial charge in [0, 0.05) is 18.3 Å². The van der Waals surface area contributed by atoms with Crippen LogP contribution in [0, 0.1) is 6.92 Å². The number of piperidine rings is 1. The zero-order valence-electron chi connectivity index (χ0n) is 14.1. The summed E-state index contributed by atoms with van der Waals surface area (Å²) in [6, 6.07) is 1.71. The molecule has 0 spiro atoms. The van der Waals surface area contributed by atoms with Gasteiger partial charge in [0.2, 0.25) is 11.2 Å². The number of nitrogens with zero attached hydrogens (tertiary/aromatic N) is 3. The molecule has 1 fully saturated rings. The van der Waals surface area contributed by atoms with Gasteiger partial charge in [-0.15, -0.1) is 0 Å². The molecule has 1 amide bonds. The van der Waals surface area contributed by atoms with Gasteiger partial charge < -0.3 is 14.4 Å². The molecular weight excluding hydrogens is 318 g/mol. The molecule has 2 heterocycles. The first kappa shape index (κ1) is 17.8. The van der Waals surface area contributed by atoms with Crippen molar-refractivity contribution in [1.82, 2.24) is 14.9 Å². The van der Waals surface area contributed by atoms with Gasteiger partial charge in [0.15, 0.2) is 0 Å². The minimum atomic E-state index is -0.503. The fourth-order valence-corrected chi connectivity index (χ4v) is 2.71. The van der Waals surface area contributed by atoms with E-state index in [-0.39, 0.29) is 17.4 Å². The van der Waals surface area contributed by atoms with Crippen LogP contribution in [0.4, 0.5) is 4.79 Å². The fraction of sp³-hybridized carbons (Fsp3) is 0.688. The normalized spacial score (nSPS) is 18.7. The molecule has 2 rings (SSSR count). The van der Waals surface area contributed by atoms with Crippen molar-refractivity contribution >= 4 is 17.7 Å². The van der Waals surface area contributed by atoms with Gasteiger partial charge >= 0.3 is 6.09 Å². The Hall–Kier alpha value is -1.56. The predicted octanol–water partition coefficient (Wildman–Crippen LogP) is 3.61. The van der Waals surface area contributed by atoms with Crippen LogP contribution >= 0.6 is 11.6 Å². The van der Waals surface area contributed by atoms with Crippen LogP contribution in [0.15, 0.2) is 6.07 Å². The summed E-state index contributed by atoms with van der Waals surface area (Å²) in [6.45, 7) is 8.48. The third-order valence-electron chi connectivity index (χ3n) is 3.48. The smallest absolute Gasteiger partial charge is 0.410 e. The molecule has 1 aromatic rings. The van der Waals surface area contributed by atoms with E-state index < -0.39 is 5.60 Å². The second-order valence-corrected chi connectivity index (χ2v) is 7.09. The summed E-state index contributed by atoms with van der Waals surface area (Å²) in [5.74, 6) is 0.428. The van der Waals surface area contributed by atoms with E-state index in [2.05, 4.69) is 9.97 Å². The Morgan fingerprint density at radius 1 is 1.39 bits per heavy atom. The van der Waals surface area contributed by atoms with E-state index in [0.29, 0.717) is 19.0 Å². The van der Waals surface area contributed by atoms with Gasteiger partial charge in [-0.05, 0) is 58.6 Å². The van der Waals surface area contributed by atoms with Gasteiger partial charge in [0.25, 0.3) is 0 Å². The first-order chi connectivity index (χ1) is 10.7. The number of ether oxygens (including phenoxy) is 2. The van der Waals surface area contributed by atoms with Gasteiger partial charge in [-0.25, -0.2) is 9.78 Å². The minimum Gasteiger partial charge on any atom is -0.475 e. The maximum Gasteiger partial charge on any atom is 0.410 e. The van der Waals surface area contributed by atoms with E-state index in [1.165, 1.54) is 0 Å². The molecule has 0 bridgehead atoms. The molecule has 1 saturated heterocycles. The Labute approximate surface area is 142 Å². The van der Waals surface area contributed by atoms with Crippen LogP contribution in [0.3, 0.4) is 0 Å². The third kappa shape index (κ3) is 5.53. The summed E-state index contributed by atoms with van der Waals surface area (Å²) < 4.78 is 11.2. The summed E-state index contributed by atoms with van der Waals surface area (Å²) in [6.07, 6.45) is 2.64. The number of halogens is 1. The molecule has 1 aliphatic heterocycles. The molecule has 6 nitrogen and oxygen atoms in total. The summed E-state index contributed by atoms with van der Waals surface area (Å²) in [5, 5.41) is 0.160. The average Bonchev–Trinajstić information content (AvgIpc) is 2.42. The molecule has 0 radical (unpaired) electrons. The summed E-state index contributed by atoms with van der Waals surface area (Å²) in [5.41, 5.74) is 0.240. The highest BCUT2D eigenvalue weighted by Gasteiger charge is 2.31. The molecule has 1 aromatic heterocycles. The van der Waals surface area contributed by atoms with Crippen LogP contribution < -0.4 is 4.74 Å². The molecular formula is C16H24ClN3O3. The van der Waals surface area contributed by atoms with Crippen LogP contribution in [0.2, 0.25) is 5.28 Å². The first-order valence-electron chi connectivity index (χ1n) is 7.88. The number of hydrogen-bond acceptors (Lipinski definition) is 5. The quantitative estimate of drug-likeness (QED) is 0.786. The van der Waals surface area contributed by atoms with Crippen LogP contribution in [-0.4, -0.2) is 45.8 Å². The molecule has 0 aromatic carbocycles. The molecule has 23 heavy (non-hydrogen) atoms. The van der Waals surface area contributed by atoms with Crippen molar-refractivity contribution in [3.05, 3.63) is 17.0 Å². The third-order valence-corrected chi connectivity index (χ3v) is 3.65. The van der Waals surface area contributed by atoms with Gasteiger partial charge in [0.05, 0.1) is 6.04 Å². The van der Waals surface area contributed by atoms with Crippen molar-refractivity contribution in [2.45, 2.75) is 58.6 Å². The SMILES string of the molecule is Cc1cc(OC[C@H]2CCCCN2C(=O)OC(C)(C)C)nc(Cl)n1. The second-order valence-electron chi connectivity index (χ2n) is 6.75. The number of aromatic nitrogens is 2. The number of amides is 1. The molecule has 0 unspecified atom stereocenters.